The van der Waals surface area contributed by atoms with Crippen LogP contribution >= 0.6 is 0 Å². The first kappa shape index (κ1) is 12.3. The predicted octanol–water partition coefficient (Wildman–Crippen LogP) is 0.583. The number of carbonyl (C=O) groups excluding carboxylic acids is 1. The van der Waals surface area contributed by atoms with Crippen molar-refractivity contribution in [2.75, 3.05) is 32.8 Å². The van der Waals surface area contributed by atoms with Crippen molar-refractivity contribution < 1.29 is 14.3 Å². The van der Waals surface area contributed by atoms with E-state index in [-0.39, 0.29) is 12.2 Å². The van der Waals surface area contributed by atoms with Crippen LogP contribution in [0.1, 0.15) is 19.8 Å². The van der Waals surface area contributed by atoms with Gasteiger partial charge in [0, 0.05) is 19.7 Å². The second-order valence-electron chi connectivity index (χ2n) is 3.65. The summed E-state index contributed by atoms with van der Waals surface area (Å²) in [5, 5.41) is 0. The summed E-state index contributed by atoms with van der Waals surface area (Å²) in [5.41, 5.74) is 5.42. The zero-order chi connectivity index (χ0) is 11.1. The molecule has 0 aromatic carbocycles. The third-order valence-corrected chi connectivity index (χ3v) is 2.36. The highest BCUT2D eigenvalue weighted by atomic mass is 16.6. The molecule has 1 aliphatic rings. The highest BCUT2D eigenvalue weighted by molar-refractivity contribution is 5.69. The van der Waals surface area contributed by atoms with Crippen LogP contribution in [-0.4, -0.2) is 49.9 Å². The molecular formula is C10H20N2O3. The van der Waals surface area contributed by atoms with Gasteiger partial charge in [0.05, 0.1) is 13.2 Å². The summed E-state index contributed by atoms with van der Waals surface area (Å²) in [6.45, 7) is 5.03. The summed E-state index contributed by atoms with van der Waals surface area (Å²) in [6.07, 6.45) is 1.77. The third-order valence-electron chi connectivity index (χ3n) is 2.36. The van der Waals surface area contributed by atoms with E-state index in [1.165, 1.54) is 0 Å². The van der Waals surface area contributed by atoms with Crippen LogP contribution in [0.25, 0.3) is 0 Å². The molecule has 0 bridgehead atoms. The van der Waals surface area contributed by atoms with Crippen molar-refractivity contribution in [1.29, 1.82) is 0 Å². The Kier molecular flexibility index (Phi) is 5.42. The summed E-state index contributed by atoms with van der Waals surface area (Å²) < 4.78 is 10.4. The summed E-state index contributed by atoms with van der Waals surface area (Å²) in [4.78, 5) is 12.9. The lowest BCUT2D eigenvalue weighted by molar-refractivity contribution is 0.105. The summed E-state index contributed by atoms with van der Waals surface area (Å²) >= 11 is 0. The monoisotopic (exact) mass is 216 g/mol. The van der Waals surface area contributed by atoms with E-state index in [9.17, 15) is 4.79 Å². The molecule has 0 saturated carbocycles. The molecule has 1 fully saturated rings. The zero-order valence-corrected chi connectivity index (χ0v) is 9.28. The van der Waals surface area contributed by atoms with E-state index in [4.69, 9.17) is 15.2 Å². The van der Waals surface area contributed by atoms with Gasteiger partial charge in [0.15, 0.2) is 0 Å². The van der Waals surface area contributed by atoms with Crippen molar-refractivity contribution >= 4 is 6.09 Å². The highest BCUT2D eigenvalue weighted by Crippen LogP contribution is 2.09. The second kappa shape index (κ2) is 6.63. The fraction of sp³-hybridized carbons (Fsp3) is 0.900. The predicted molar refractivity (Wildman–Crippen MR) is 56.6 cm³/mol. The number of cyclic esters (lactones) is 1. The maximum absolute atomic E-state index is 11.3. The number of hydrogen-bond donors (Lipinski definition) is 1. The molecule has 1 unspecified atom stereocenters. The van der Waals surface area contributed by atoms with E-state index in [1.54, 1.807) is 4.90 Å². The Morgan fingerprint density at radius 2 is 2.40 bits per heavy atom. The topological polar surface area (TPSA) is 64.8 Å². The maximum Gasteiger partial charge on any atom is 0.410 e. The largest absolute Gasteiger partial charge is 0.443 e. The van der Waals surface area contributed by atoms with Crippen molar-refractivity contribution in [3.8, 4) is 0 Å². The van der Waals surface area contributed by atoms with Gasteiger partial charge in [-0.05, 0) is 6.42 Å². The van der Waals surface area contributed by atoms with Crippen LogP contribution in [0.2, 0.25) is 0 Å². The van der Waals surface area contributed by atoms with E-state index >= 15 is 0 Å². The first-order valence-electron chi connectivity index (χ1n) is 5.51. The summed E-state index contributed by atoms with van der Waals surface area (Å²) in [5.74, 6) is 0. The average Bonchev–Trinajstić information content (AvgIpc) is 2.59. The molecule has 1 amide bonds. The van der Waals surface area contributed by atoms with Gasteiger partial charge in [-0.1, -0.05) is 13.3 Å². The van der Waals surface area contributed by atoms with Crippen LogP contribution in [0.4, 0.5) is 4.79 Å². The van der Waals surface area contributed by atoms with Gasteiger partial charge in [-0.2, -0.15) is 0 Å². The Labute approximate surface area is 90.5 Å². The number of unbranched alkanes of at least 4 members (excludes halogenated alkanes) is 1. The molecule has 1 heterocycles. The molecule has 0 aliphatic carbocycles. The molecule has 1 atom stereocenters. The van der Waals surface area contributed by atoms with Crippen molar-refractivity contribution in [1.82, 2.24) is 4.90 Å². The van der Waals surface area contributed by atoms with Gasteiger partial charge in [-0.25, -0.2) is 4.79 Å². The zero-order valence-electron chi connectivity index (χ0n) is 9.28. The first-order valence-corrected chi connectivity index (χ1v) is 5.51. The van der Waals surface area contributed by atoms with E-state index in [1.807, 2.05) is 0 Å². The van der Waals surface area contributed by atoms with Gasteiger partial charge < -0.3 is 20.1 Å². The first-order chi connectivity index (χ1) is 7.27. The minimum absolute atomic E-state index is 0.145. The fourth-order valence-electron chi connectivity index (χ4n) is 1.40. The molecule has 0 radical (unpaired) electrons. The Balaban J connectivity index is 2.08. The van der Waals surface area contributed by atoms with Gasteiger partial charge in [0.2, 0.25) is 0 Å². The molecule has 0 aromatic rings. The lowest BCUT2D eigenvalue weighted by atomic mass is 10.3. The molecule has 5 nitrogen and oxygen atoms in total. The molecule has 0 spiro atoms. The van der Waals surface area contributed by atoms with Crippen molar-refractivity contribution in [2.45, 2.75) is 25.9 Å². The standard InChI is InChI=1S/C10H20N2O3/c1-2-3-5-14-6-4-12-8-9(7-11)15-10(12)13/h9H,2-8,11H2,1H3. The number of amides is 1. The minimum atomic E-state index is -0.274. The summed E-state index contributed by atoms with van der Waals surface area (Å²) in [6, 6.07) is 0. The van der Waals surface area contributed by atoms with Crippen LogP contribution in [0.15, 0.2) is 0 Å². The van der Waals surface area contributed by atoms with Crippen LogP contribution in [0, 0.1) is 0 Å². The van der Waals surface area contributed by atoms with Gasteiger partial charge in [0.25, 0.3) is 0 Å². The van der Waals surface area contributed by atoms with Gasteiger partial charge in [0.1, 0.15) is 6.10 Å². The molecule has 1 rings (SSSR count). The van der Waals surface area contributed by atoms with Crippen LogP contribution in [-0.2, 0) is 9.47 Å². The highest BCUT2D eigenvalue weighted by Gasteiger charge is 2.29. The van der Waals surface area contributed by atoms with E-state index < -0.39 is 0 Å². The lowest BCUT2D eigenvalue weighted by Gasteiger charge is -2.12. The van der Waals surface area contributed by atoms with Gasteiger partial charge >= 0.3 is 6.09 Å². The number of carbonyl (C=O) groups is 1. The Morgan fingerprint density at radius 3 is 3.00 bits per heavy atom. The number of rotatable bonds is 7. The number of nitrogens with zero attached hydrogens (tertiary/aromatic N) is 1. The Morgan fingerprint density at radius 1 is 1.60 bits per heavy atom. The quantitative estimate of drug-likeness (QED) is 0.632. The van der Waals surface area contributed by atoms with Gasteiger partial charge in [-0.3, -0.25) is 0 Å². The molecular weight excluding hydrogens is 196 g/mol. The number of ether oxygens (including phenoxy) is 2. The van der Waals surface area contributed by atoms with E-state index in [0.717, 1.165) is 19.4 Å². The van der Waals surface area contributed by atoms with Crippen LogP contribution in [0.3, 0.4) is 0 Å². The smallest absolute Gasteiger partial charge is 0.410 e. The lowest BCUT2D eigenvalue weighted by Crippen LogP contribution is -2.30. The molecule has 88 valence electrons. The van der Waals surface area contributed by atoms with Crippen molar-refractivity contribution in [3.63, 3.8) is 0 Å². The normalized spacial score (nSPS) is 20.8. The summed E-state index contributed by atoms with van der Waals surface area (Å²) in [7, 11) is 0. The Bertz CT molecular complexity index is 199. The third kappa shape index (κ3) is 4.05. The van der Waals surface area contributed by atoms with E-state index in [0.29, 0.717) is 26.2 Å². The second-order valence-corrected chi connectivity index (χ2v) is 3.65. The van der Waals surface area contributed by atoms with Crippen LogP contribution < -0.4 is 5.73 Å². The SMILES string of the molecule is CCCCOCCN1CC(CN)OC1=O. The minimum Gasteiger partial charge on any atom is -0.443 e. The molecule has 15 heavy (non-hydrogen) atoms. The average molecular weight is 216 g/mol. The van der Waals surface area contributed by atoms with Crippen LogP contribution in [0.5, 0.6) is 0 Å². The Hall–Kier alpha value is -0.810. The van der Waals surface area contributed by atoms with Gasteiger partial charge in [-0.15, -0.1) is 0 Å². The van der Waals surface area contributed by atoms with Crippen molar-refractivity contribution in [3.05, 3.63) is 0 Å². The number of hydrogen-bond acceptors (Lipinski definition) is 4. The molecule has 1 aliphatic heterocycles. The number of nitrogens with two attached hydrogens (primary N) is 1. The molecule has 2 N–H and O–H groups in total. The molecule has 0 aromatic heterocycles. The molecule has 5 heteroatoms. The molecule has 1 saturated heterocycles. The van der Waals surface area contributed by atoms with Crippen molar-refractivity contribution in [2.24, 2.45) is 5.73 Å². The fourth-order valence-corrected chi connectivity index (χ4v) is 1.40. The van der Waals surface area contributed by atoms with E-state index in [2.05, 4.69) is 6.92 Å². The maximum atomic E-state index is 11.3.